The molecule has 0 aliphatic heterocycles. The minimum absolute atomic E-state index is 0.433. The summed E-state index contributed by atoms with van der Waals surface area (Å²) in [6.45, 7) is 9.94. The Morgan fingerprint density at radius 2 is 1.91 bits per heavy atom. The first-order chi connectivity index (χ1) is 11.1. The number of guanidine groups is 1. The van der Waals surface area contributed by atoms with Crippen LogP contribution in [0.4, 0.5) is 0 Å². The lowest BCUT2D eigenvalue weighted by Gasteiger charge is -2.28. The van der Waals surface area contributed by atoms with E-state index in [0.717, 1.165) is 50.1 Å². The zero-order valence-electron chi connectivity index (χ0n) is 15.0. The van der Waals surface area contributed by atoms with Crippen molar-refractivity contribution in [3.63, 3.8) is 0 Å². The first-order valence-corrected chi connectivity index (χ1v) is 8.75. The van der Waals surface area contributed by atoms with E-state index in [1.807, 2.05) is 19.9 Å². The Balaban J connectivity index is 2.63. The molecule has 0 spiro atoms. The summed E-state index contributed by atoms with van der Waals surface area (Å²) < 4.78 is 5.24. The molecule has 6 heteroatoms. The fourth-order valence-electron chi connectivity index (χ4n) is 2.58. The van der Waals surface area contributed by atoms with Crippen LogP contribution in [0.2, 0.25) is 0 Å². The minimum Gasteiger partial charge on any atom is -0.388 e. The molecule has 0 bridgehead atoms. The van der Waals surface area contributed by atoms with E-state index in [1.165, 1.54) is 0 Å². The lowest BCUT2D eigenvalue weighted by atomic mass is 9.93. The second-order valence-corrected chi connectivity index (χ2v) is 5.91. The Morgan fingerprint density at radius 3 is 2.43 bits per heavy atom. The summed E-state index contributed by atoms with van der Waals surface area (Å²) in [5.74, 6) is 1.43. The highest BCUT2D eigenvalue weighted by Crippen LogP contribution is 2.18. The molecule has 3 N–H and O–H groups in total. The normalized spacial score (nSPS) is 12.5. The van der Waals surface area contributed by atoms with Crippen molar-refractivity contribution in [2.24, 2.45) is 4.99 Å². The van der Waals surface area contributed by atoms with Gasteiger partial charge in [-0.25, -0.2) is 4.99 Å². The van der Waals surface area contributed by atoms with Crippen LogP contribution in [0.1, 0.15) is 64.8 Å². The molecule has 0 unspecified atom stereocenters. The predicted molar refractivity (Wildman–Crippen MR) is 93.5 cm³/mol. The van der Waals surface area contributed by atoms with Crippen molar-refractivity contribution >= 4 is 5.96 Å². The van der Waals surface area contributed by atoms with Crippen molar-refractivity contribution in [1.29, 1.82) is 0 Å². The van der Waals surface area contributed by atoms with E-state index in [1.54, 1.807) is 0 Å². The number of aromatic nitrogens is 1. The average molecular weight is 324 g/mol. The van der Waals surface area contributed by atoms with Gasteiger partial charge in [0.15, 0.2) is 11.7 Å². The SMILES string of the molecule is CCCC(O)(CCC)CNC(=NCc1cc(CC)no1)NCC. The Bertz CT molecular complexity index is 465. The van der Waals surface area contributed by atoms with Gasteiger partial charge < -0.3 is 20.3 Å². The van der Waals surface area contributed by atoms with Crippen molar-refractivity contribution in [2.75, 3.05) is 13.1 Å². The zero-order valence-corrected chi connectivity index (χ0v) is 15.0. The van der Waals surface area contributed by atoms with E-state index in [-0.39, 0.29) is 0 Å². The van der Waals surface area contributed by atoms with Crippen LogP contribution in [0.15, 0.2) is 15.6 Å². The molecular weight excluding hydrogens is 292 g/mol. The molecular formula is C17H32N4O2. The summed E-state index contributed by atoms with van der Waals surface area (Å²) in [4.78, 5) is 4.50. The Morgan fingerprint density at radius 1 is 1.22 bits per heavy atom. The quantitative estimate of drug-likeness (QED) is 0.455. The molecule has 0 aliphatic carbocycles. The number of nitrogens with one attached hydrogen (secondary N) is 2. The second kappa shape index (κ2) is 10.3. The maximum absolute atomic E-state index is 10.7. The van der Waals surface area contributed by atoms with Gasteiger partial charge in [0.1, 0.15) is 6.54 Å². The molecule has 132 valence electrons. The number of rotatable bonds is 10. The predicted octanol–water partition coefficient (Wildman–Crippen LogP) is 2.62. The number of aryl methyl sites for hydroxylation is 1. The van der Waals surface area contributed by atoms with Crippen molar-refractivity contribution in [1.82, 2.24) is 15.8 Å². The molecule has 0 fully saturated rings. The standard InChI is InChI=1S/C17H32N4O2/c1-5-9-17(22,10-6-2)13-20-16(18-8-4)19-12-15-11-14(7-3)21-23-15/h11,22H,5-10,12-13H2,1-4H3,(H2,18,19,20). The van der Waals surface area contributed by atoms with Gasteiger partial charge in [0.25, 0.3) is 0 Å². The number of nitrogens with zero attached hydrogens (tertiary/aromatic N) is 2. The molecule has 1 rings (SSSR count). The summed E-state index contributed by atoms with van der Waals surface area (Å²) in [6.07, 6.45) is 4.35. The van der Waals surface area contributed by atoms with Gasteiger partial charge in [-0.1, -0.05) is 38.8 Å². The lowest BCUT2D eigenvalue weighted by Crippen LogP contribution is -2.47. The number of aliphatic imine (C=N–C) groups is 1. The van der Waals surface area contributed by atoms with Crippen LogP contribution in [0.5, 0.6) is 0 Å². The molecule has 0 saturated carbocycles. The van der Waals surface area contributed by atoms with Crippen LogP contribution < -0.4 is 10.6 Å². The molecule has 0 radical (unpaired) electrons. The van der Waals surface area contributed by atoms with Crippen LogP contribution in [0.3, 0.4) is 0 Å². The van der Waals surface area contributed by atoms with Gasteiger partial charge in [0.05, 0.1) is 11.3 Å². The smallest absolute Gasteiger partial charge is 0.191 e. The summed E-state index contributed by atoms with van der Waals surface area (Å²) >= 11 is 0. The molecule has 6 nitrogen and oxygen atoms in total. The fourth-order valence-corrected chi connectivity index (χ4v) is 2.58. The number of aliphatic hydroxyl groups is 1. The molecule has 23 heavy (non-hydrogen) atoms. The third kappa shape index (κ3) is 7.03. The molecule has 0 aromatic carbocycles. The molecule has 1 heterocycles. The molecule has 0 aliphatic rings. The van der Waals surface area contributed by atoms with E-state index in [2.05, 4.69) is 34.6 Å². The highest BCUT2D eigenvalue weighted by Gasteiger charge is 2.24. The van der Waals surface area contributed by atoms with Crippen molar-refractivity contribution < 1.29 is 9.63 Å². The van der Waals surface area contributed by atoms with Crippen molar-refractivity contribution in [2.45, 2.75) is 71.9 Å². The molecule has 0 amide bonds. The van der Waals surface area contributed by atoms with E-state index in [4.69, 9.17) is 4.52 Å². The zero-order chi connectivity index (χ0) is 17.1. The van der Waals surface area contributed by atoms with Gasteiger partial charge in [0, 0.05) is 19.2 Å². The maximum Gasteiger partial charge on any atom is 0.191 e. The summed E-state index contributed by atoms with van der Waals surface area (Å²) in [5.41, 5.74) is 0.259. The second-order valence-electron chi connectivity index (χ2n) is 5.91. The Labute approximate surface area is 139 Å². The largest absolute Gasteiger partial charge is 0.388 e. The van der Waals surface area contributed by atoms with Gasteiger partial charge in [0.2, 0.25) is 0 Å². The first-order valence-electron chi connectivity index (χ1n) is 8.75. The molecule has 0 saturated heterocycles. The highest BCUT2D eigenvalue weighted by atomic mass is 16.5. The Kier molecular flexibility index (Phi) is 8.69. The van der Waals surface area contributed by atoms with E-state index in [9.17, 15) is 5.11 Å². The summed E-state index contributed by atoms with van der Waals surface area (Å²) in [5, 5.41) is 21.1. The third-order valence-electron chi connectivity index (χ3n) is 3.72. The lowest BCUT2D eigenvalue weighted by molar-refractivity contribution is 0.0257. The number of hydrogen-bond acceptors (Lipinski definition) is 4. The van der Waals surface area contributed by atoms with Crippen molar-refractivity contribution in [3.05, 3.63) is 17.5 Å². The monoisotopic (exact) mass is 324 g/mol. The van der Waals surface area contributed by atoms with Gasteiger partial charge in [-0.15, -0.1) is 0 Å². The number of hydrogen-bond donors (Lipinski definition) is 3. The van der Waals surface area contributed by atoms with Gasteiger partial charge in [-0.05, 0) is 26.2 Å². The minimum atomic E-state index is -0.679. The van der Waals surface area contributed by atoms with Crippen LogP contribution in [0.25, 0.3) is 0 Å². The van der Waals surface area contributed by atoms with Crippen LogP contribution >= 0.6 is 0 Å². The topological polar surface area (TPSA) is 82.7 Å². The van der Waals surface area contributed by atoms with Crippen LogP contribution in [-0.4, -0.2) is 34.9 Å². The highest BCUT2D eigenvalue weighted by molar-refractivity contribution is 5.79. The van der Waals surface area contributed by atoms with E-state index >= 15 is 0 Å². The van der Waals surface area contributed by atoms with Gasteiger partial charge in [-0.3, -0.25) is 0 Å². The average Bonchev–Trinajstić information content (AvgIpc) is 2.99. The third-order valence-corrected chi connectivity index (χ3v) is 3.72. The first kappa shape index (κ1) is 19.5. The maximum atomic E-state index is 10.7. The Hall–Kier alpha value is -1.56. The molecule has 0 atom stereocenters. The van der Waals surface area contributed by atoms with E-state index < -0.39 is 5.60 Å². The fraction of sp³-hybridized carbons (Fsp3) is 0.765. The van der Waals surface area contributed by atoms with Crippen molar-refractivity contribution in [3.8, 4) is 0 Å². The van der Waals surface area contributed by atoms with Gasteiger partial charge in [-0.2, -0.15) is 0 Å². The summed E-state index contributed by atoms with van der Waals surface area (Å²) in [6, 6.07) is 1.93. The van der Waals surface area contributed by atoms with E-state index in [0.29, 0.717) is 19.0 Å². The van der Waals surface area contributed by atoms with Gasteiger partial charge >= 0.3 is 0 Å². The van der Waals surface area contributed by atoms with Crippen LogP contribution in [-0.2, 0) is 13.0 Å². The molecule has 1 aromatic heterocycles. The summed E-state index contributed by atoms with van der Waals surface area (Å²) in [7, 11) is 0. The molecule has 1 aromatic rings. The van der Waals surface area contributed by atoms with Crippen LogP contribution in [0, 0.1) is 0 Å².